The number of aliphatic hydroxyl groups excluding tert-OH is 1. The third-order valence-electron chi connectivity index (χ3n) is 3.43. The molecule has 20 heavy (non-hydrogen) atoms. The number of hydrogen-bond acceptors (Lipinski definition) is 4. The van der Waals surface area contributed by atoms with E-state index in [1.54, 1.807) is 24.1 Å². The van der Waals surface area contributed by atoms with Gasteiger partial charge in [-0.15, -0.1) is 0 Å². The average Bonchev–Trinajstić information content (AvgIpc) is 2.53. The van der Waals surface area contributed by atoms with Crippen LogP contribution in [0.4, 0.5) is 5.69 Å². The Balaban J connectivity index is 2.42. The molecule has 0 fully saturated rings. The molecule has 0 radical (unpaired) electrons. The Morgan fingerprint density at radius 1 is 1.45 bits per heavy atom. The Labute approximate surface area is 119 Å². The molecule has 0 bridgehead atoms. The minimum atomic E-state index is -0.591. The molecule has 0 atom stereocenters. The van der Waals surface area contributed by atoms with E-state index < -0.39 is 5.41 Å². The summed E-state index contributed by atoms with van der Waals surface area (Å²) in [6, 6.07) is 5.40. The Kier molecular flexibility index (Phi) is 4.30. The number of benzene rings is 1. The zero-order valence-electron chi connectivity index (χ0n) is 12.2. The fourth-order valence-corrected chi connectivity index (χ4v) is 2.19. The van der Waals surface area contributed by atoms with Crippen molar-refractivity contribution >= 4 is 11.6 Å². The highest BCUT2D eigenvalue weighted by atomic mass is 16.5. The predicted molar refractivity (Wildman–Crippen MR) is 75.9 cm³/mol. The average molecular weight is 279 g/mol. The number of methoxy groups -OCH3 is 1. The monoisotopic (exact) mass is 279 g/mol. The van der Waals surface area contributed by atoms with Gasteiger partial charge in [0.2, 0.25) is 5.91 Å². The summed E-state index contributed by atoms with van der Waals surface area (Å²) in [6.07, 6.45) is 0. The van der Waals surface area contributed by atoms with E-state index in [0.717, 1.165) is 11.3 Å². The maximum atomic E-state index is 12.6. The summed E-state index contributed by atoms with van der Waals surface area (Å²) in [5.74, 6) is 0.650. The van der Waals surface area contributed by atoms with Crippen molar-refractivity contribution < 1.29 is 19.4 Å². The van der Waals surface area contributed by atoms with Crippen LogP contribution in [0.15, 0.2) is 18.2 Å². The lowest BCUT2D eigenvalue weighted by Crippen LogP contribution is -2.43. The van der Waals surface area contributed by atoms with Crippen molar-refractivity contribution in [3.8, 4) is 5.75 Å². The molecule has 110 valence electrons. The second-order valence-electron chi connectivity index (χ2n) is 5.58. The van der Waals surface area contributed by atoms with E-state index in [-0.39, 0.29) is 12.5 Å². The molecule has 0 saturated heterocycles. The van der Waals surface area contributed by atoms with Crippen molar-refractivity contribution in [2.45, 2.75) is 20.5 Å². The number of rotatable bonds is 4. The van der Waals surface area contributed by atoms with Gasteiger partial charge in [-0.25, -0.2) is 0 Å². The van der Waals surface area contributed by atoms with Crippen molar-refractivity contribution in [1.82, 2.24) is 0 Å². The highest BCUT2D eigenvalue weighted by Crippen LogP contribution is 2.36. The minimum Gasteiger partial charge on any atom is -0.490 e. The highest BCUT2D eigenvalue weighted by molar-refractivity contribution is 5.99. The van der Waals surface area contributed by atoms with Crippen molar-refractivity contribution in [2.75, 3.05) is 31.8 Å². The number of carbonyl (C=O) groups is 1. The van der Waals surface area contributed by atoms with E-state index in [0.29, 0.717) is 25.5 Å². The first-order chi connectivity index (χ1) is 9.49. The lowest BCUT2D eigenvalue weighted by molar-refractivity contribution is -0.127. The largest absolute Gasteiger partial charge is 0.490 e. The third kappa shape index (κ3) is 2.78. The molecule has 1 aliphatic rings. The molecule has 1 aromatic carbocycles. The number of fused-ring (bicyclic) bond motifs is 1. The van der Waals surface area contributed by atoms with Crippen LogP contribution in [0.2, 0.25) is 0 Å². The van der Waals surface area contributed by atoms with E-state index in [1.165, 1.54) is 0 Å². The predicted octanol–water partition coefficient (Wildman–Crippen LogP) is 1.58. The molecule has 0 aromatic heterocycles. The smallest absolute Gasteiger partial charge is 0.236 e. The van der Waals surface area contributed by atoms with Crippen LogP contribution in [0.5, 0.6) is 5.75 Å². The molecule has 2 rings (SSSR count). The molecule has 5 nitrogen and oxygen atoms in total. The van der Waals surface area contributed by atoms with Gasteiger partial charge in [0.25, 0.3) is 0 Å². The van der Waals surface area contributed by atoms with Crippen LogP contribution in [-0.4, -0.2) is 37.9 Å². The van der Waals surface area contributed by atoms with Gasteiger partial charge in [0.05, 0.1) is 24.3 Å². The topological polar surface area (TPSA) is 59.0 Å². The molecule has 1 aliphatic heterocycles. The van der Waals surface area contributed by atoms with E-state index in [1.807, 2.05) is 19.9 Å². The first-order valence-corrected chi connectivity index (χ1v) is 6.67. The molecule has 1 amide bonds. The van der Waals surface area contributed by atoms with E-state index in [9.17, 15) is 9.90 Å². The van der Waals surface area contributed by atoms with Gasteiger partial charge in [0.15, 0.2) is 0 Å². The van der Waals surface area contributed by atoms with Gasteiger partial charge in [-0.3, -0.25) is 4.79 Å². The number of carbonyl (C=O) groups excluding carboxylic acids is 1. The number of hydrogen-bond donors (Lipinski definition) is 1. The maximum absolute atomic E-state index is 12.6. The highest BCUT2D eigenvalue weighted by Gasteiger charge is 2.37. The van der Waals surface area contributed by atoms with Crippen LogP contribution in [0.25, 0.3) is 0 Å². The standard InChI is InChI=1S/C15H21NO4/c1-15(2)10-20-13-8-11(9-17)4-5-12(13)16(14(15)18)6-7-19-3/h4-5,8,17H,6-7,9-10H2,1-3H3. The molecule has 0 aliphatic carbocycles. The summed E-state index contributed by atoms with van der Waals surface area (Å²) in [7, 11) is 1.61. The Morgan fingerprint density at radius 3 is 2.85 bits per heavy atom. The maximum Gasteiger partial charge on any atom is 0.236 e. The molecule has 0 unspecified atom stereocenters. The zero-order valence-corrected chi connectivity index (χ0v) is 12.2. The number of aliphatic hydroxyl groups is 1. The lowest BCUT2D eigenvalue weighted by atomic mass is 9.93. The van der Waals surface area contributed by atoms with Crippen molar-refractivity contribution in [1.29, 1.82) is 0 Å². The van der Waals surface area contributed by atoms with Gasteiger partial charge in [0.1, 0.15) is 12.4 Å². The number of anilines is 1. The molecule has 5 heteroatoms. The van der Waals surface area contributed by atoms with E-state index >= 15 is 0 Å². The minimum absolute atomic E-state index is 0.0186. The first-order valence-electron chi connectivity index (χ1n) is 6.67. The summed E-state index contributed by atoms with van der Waals surface area (Å²) >= 11 is 0. The first kappa shape index (κ1) is 14.8. The normalized spacial score (nSPS) is 17.4. The lowest BCUT2D eigenvalue weighted by Gasteiger charge is -2.27. The summed E-state index contributed by atoms with van der Waals surface area (Å²) in [4.78, 5) is 14.3. The fraction of sp³-hybridized carbons (Fsp3) is 0.533. The van der Waals surface area contributed by atoms with Gasteiger partial charge in [-0.2, -0.15) is 0 Å². The van der Waals surface area contributed by atoms with Gasteiger partial charge >= 0.3 is 0 Å². The molecule has 1 aromatic rings. The number of amides is 1. The number of ether oxygens (including phenoxy) is 2. The Bertz CT molecular complexity index is 499. The van der Waals surface area contributed by atoms with Crippen LogP contribution >= 0.6 is 0 Å². The van der Waals surface area contributed by atoms with Crippen molar-refractivity contribution in [3.63, 3.8) is 0 Å². The second-order valence-corrected chi connectivity index (χ2v) is 5.58. The second kappa shape index (κ2) is 5.81. The van der Waals surface area contributed by atoms with Crippen molar-refractivity contribution in [2.24, 2.45) is 5.41 Å². The number of nitrogens with zero attached hydrogens (tertiary/aromatic N) is 1. The van der Waals surface area contributed by atoms with Gasteiger partial charge < -0.3 is 19.5 Å². The molecular weight excluding hydrogens is 258 g/mol. The molecule has 0 spiro atoms. The van der Waals surface area contributed by atoms with E-state index in [4.69, 9.17) is 9.47 Å². The third-order valence-corrected chi connectivity index (χ3v) is 3.43. The zero-order chi connectivity index (χ0) is 14.8. The summed E-state index contributed by atoms with van der Waals surface area (Å²) in [6.45, 7) is 4.95. The van der Waals surface area contributed by atoms with Crippen LogP contribution in [0, 0.1) is 5.41 Å². The molecule has 0 saturated carbocycles. The summed E-state index contributed by atoms with van der Waals surface area (Å²) in [5, 5.41) is 9.22. The quantitative estimate of drug-likeness (QED) is 0.909. The molecule has 1 heterocycles. The Hall–Kier alpha value is -1.59. The van der Waals surface area contributed by atoms with Crippen LogP contribution in [0.1, 0.15) is 19.4 Å². The SMILES string of the molecule is COCCN1C(=O)C(C)(C)COc2cc(CO)ccc21. The van der Waals surface area contributed by atoms with E-state index in [2.05, 4.69) is 0 Å². The van der Waals surface area contributed by atoms with Gasteiger partial charge in [0, 0.05) is 13.7 Å². The summed E-state index contributed by atoms with van der Waals surface area (Å²) in [5.41, 5.74) is 0.906. The van der Waals surface area contributed by atoms with Crippen LogP contribution in [0.3, 0.4) is 0 Å². The Morgan fingerprint density at radius 2 is 2.20 bits per heavy atom. The fourth-order valence-electron chi connectivity index (χ4n) is 2.19. The molecular formula is C15H21NO4. The van der Waals surface area contributed by atoms with Crippen LogP contribution in [-0.2, 0) is 16.1 Å². The summed E-state index contributed by atoms with van der Waals surface area (Å²) < 4.78 is 10.9. The van der Waals surface area contributed by atoms with Gasteiger partial charge in [-0.1, -0.05) is 6.07 Å². The van der Waals surface area contributed by atoms with Crippen LogP contribution < -0.4 is 9.64 Å². The van der Waals surface area contributed by atoms with Crippen molar-refractivity contribution in [3.05, 3.63) is 23.8 Å². The van der Waals surface area contributed by atoms with Gasteiger partial charge in [-0.05, 0) is 31.5 Å². The molecule has 1 N–H and O–H groups in total.